The third kappa shape index (κ3) is 1.04. The highest BCUT2D eigenvalue weighted by atomic mass is 32.2. The zero-order valence-corrected chi connectivity index (χ0v) is 8.63. The summed E-state index contributed by atoms with van der Waals surface area (Å²) in [6.45, 7) is 7.35. The summed E-state index contributed by atoms with van der Waals surface area (Å²) in [6, 6.07) is 0. The minimum absolute atomic E-state index is 0.550. The first-order valence-corrected chi connectivity index (χ1v) is 5.59. The molecule has 0 aromatic carbocycles. The van der Waals surface area contributed by atoms with E-state index in [1.54, 1.807) is 0 Å². The van der Waals surface area contributed by atoms with Crippen molar-refractivity contribution in [2.24, 2.45) is 5.41 Å². The van der Waals surface area contributed by atoms with Crippen LogP contribution in [0.3, 0.4) is 0 Å². The van der Waals surface area contributed by atoms with Gasteiger partial charge in [-0.2, -0.15) is 11.8 Å². The lowest BCUT2D eigenvalue weighted by atomic mass is 9.68. The molecule has 2 aliphatic rings. The van der Waals surface area contributed by atoms with E-state index in [0.717, 1.165) is 5.25 Å². The van der Waals surface area contributed by atoms with Gasteiger partial charge in [0, 0.05) is 10.00 Å². The van der Waals surface area contributed by atoms with Crippen LogP contribution in [0.5, 0.6) is 0 Å². The van der Waals surface area contributed by atoms with Gasteiger partial charge in [-0.3, -0.25) is 0 Å². The molecule has 1 saturated carbocycles. The van der Waals surface area contributed by atoms with Gasteiger partial charge < -0.3 is 0 Å². The van der Waals surface area contributed by atoms with Crippen LogP contribution in [-0.4, -0.2) is 10.00 Å². The summed E-state index contributed by atoms with van der Waals surface area (Å²) in [6.07, 6.45) is 5.88. The second-order valence-electron chi connectivity index (χ2n) is 4.91. The topological polar surface area (TPSA) is 0 Å². The third-order valence-corrected chi connectivity index (χ3v) is 5.67. The Kier molecular flexibility index (Phi) is 1.58. The lowest BCUT2D eigenvalue weighted by molar-refractivity contribution is 0.194. The highest BCUT2D eigenvalue weighted by Gasteiger charge is 2.51. The van der Waals surface area contributed by atoms with Crippen molar-refractivity contribution in [2.45, 2.75) is 56.5 Å². The van der Waals surface area contributed by atoms with Crippen LogP contribution >= 0.6 is 11.8 Å². The van der Waals surface area contributed by atoms with Gasteiger partial charge in [0.1, 0.15) is 0 Å². The number of hydrogen-bond acceptors (Lipinski definition) is 1. The largest absolute Gasteiger partial charge is 0.152 e. The Morgan fingerprint density at radius 3 is 2.55 bits per heavy atom. The minimum atomic E-state index is 0.550. The maximum atomic E-state index is 2.49. The molecule has 0 nitrogen and oxygen atoms in total. The summed E-state index contributed by atoms with van der Waals surface area (Å²) in [4.78, 5) is 0. The SMILES string of the molecule is CC12CCCC(C1)SC2(C)C. The van der Waals surface area contributed by atoms with E-state index >= 15 is 0 Å². The van der Waals surface area contributed by atoms with Crippen molar-refractivity contribution >= 4 is 11.8 Å². The van der Waals surface area contributed by atoms with E-state index in [4.69, 9.17) is 0 Å². The van der Waals surface area contributed by atoms with Gasteiger partial charge in [0.15, 0.2) is 0 Å². The fourth-order valence-electron chi connectivity index (χ4n) is 2.63. The fourth-order valence-corrected chi connectivity index (χ4v) is 4.67. The van der Waals surface area contributed by atoms with Gasteiger partial charge in [-0.15, -0.1) is 0 Å². The standard InChI is InChI=1S/C10H18S/c1-9(2)10(3)6-4-5-8(7-10)11-9/h8H,4-7H2,1-3H3. The molecule has 1 saturated heterocycles. The summed E-state index contributed by atoms with van der Waals surface area (Å²) in [5.74, 6) is 0. The van der Waals surface area contributed by atoms with E-state index in [-0.39, 0.29) is 0 Å². The van der Waals surface area contributed by atoms with Crippen LogP contribution in [0.2, 0.25) is 0 Å². The average Bonchev–Trinajstić information content (AvgIpc) is 1.99. The van der Waals surface area contributed by atoms with Gasteiger partial charge in [-0.25, -0.2) is 0 Å². The fraction of sp³-hybridized carbons (Fsp3) is 1.00. The molecular formula is C10H18S. The molecule has 11 heavy (non-hydrogen) atoms. The van der Waals surface area contributed by atoms with Crippen LogP contribution in [0.15, 0.2) is 0 Å². The van der Waals surface area contributed by atoms with E-state index in [2.05, 4.69) is 32.5 Å². The zero-order valence-electron chi connectivity index (χ0n) is 7.81. The van der Waals surface area contributed by atoms with E-state index in [1.807, 2.05) is 0 Å². The Morgan fingerprint density at radius 1 is 1.27 bits per heavy atom. The van der Waals surface area contributed by atoms with E-state index in [0.29, 0.717) is 10.2 Å². The van der Waals surface area contributed by atoms with Crippen molar-refractivity contribution in [1.82, 2.24) is 0 Å². The van der Waals surface area contributed by atoms with E-state index < -0.39 is 0 Å². The second-order valence-corrected chi connectivity index (χ2v) is 6.83. The van der Waals surface area contributed by atoms with Crippen LogP contribution < -0.4 is 0 Å². The first-order chi connectivity index (χ1) is 5.04. The zero-order chi connectivity index (χ0) is 8.11. The van der Waals surface area contributed by atoms with Crippen molar-refractivity contribution in [2.75, 3.05) is 0 Å². The smallest absolute Gasteiger partial charge is 0.0160 e. The van der Waals surface area contributed by atoms with Gasteiger partial charge in [-0.05, 0) is 24.7 Å². The predicted octanol–water partition coefficient (Wildman–Crippen LogP) is 3.46. The van der Waals surface area contributed by atoms with Crippen molar-refractivity contribution in [3.8, 4) is 0 Å². The van der Waals surface area contributed by atoms with Gasteiger partial charge in [0.05, 0.1) is 0 Å². The van der Waals surface area contributed by atoms with Gasteiger partial charge in [0.2, 0.25) is 0 Å². The maximum Gasteiger partial charge on any atom is 0.0160 e. The van der Waals surface area contributed by atoms with Crippen molar-refractivity contribution < 1.29 is 0 Å². The van der Waals surface area contributed by atoms with Crippen molar-refractivity contribution in [3.05, 3.63) is 0 Å². The van der Waals surface area contributed by atoms with E-state index in [9.17, 15) is 0 Å². The van der Waals surface area contributed by atoms with Crippen LogP contribution in [0, 0.1) is 5.41 Å². The highest BCUT2D eigenvalue weighted by Crippen LogP contribution is 2.61. The quantitative estimate of drug-likeness (QED) is 0.536. The van der Waals surface area contributed by atoms with E-state index in [1.165, 1.54) is 25.7 Å². The second kappa shape index (κ2) is 2.18. The molecule has 0 aromatic heterocycles. The summed E-state index contributed by atoms with van der Waals surface area (Å²) >= 11 is 2.24. The molecule has 1 aliphatic heterocycles. The molecule has 0 spiro atoms. The molecule has 0 amide bonds. The lowest BCUT2D eigenvalue weighted by Crippen LogP contribution is -2.34. The third-order valence-electron chi connectivity index (χ3n) is 3.85. The molecule has 2 fully saturated rings. The average molecular weight is 170 g/mol. The Balaban J connectivity index is 2.28. The molecule has 2 atom stereocenters. The van der Waals surface area contributed by atoms with Gasteiger partial charge >= 0.3 is 0 Å². The normalized spacial score (nSPS) is 47.7. The number of fused-ring (bicyclic) bond motifs is 2. The van der Waals surface area contributed by atoms with Crippen molar-refractivity contribution in [1.29, 1.82) is 0 Å². The molecule has 1 heteroatoms. The van der Waals surface area contributed by atoms with Crippen LogP contribution in [0.4, 0.5) is 0 Å². The maximum absolute atomic E-state index is 2.49. The van der Waals surface area contributed by atoms with Crippen LogP contribution in [0.25, 0.3) is 0 Å². The summed E-state index contributed by atoms with van der Waals surface area (Å²) in [5, 5.41) is 0.990. The van der Waals surface area contributed by atoms with Crippen molar-refractivity contribution in [3.63, 3.8) is 0 Å². The molecule has 1 heterocycles. The predicted molar refractivity (Wildman–Crippen MR) is 52.0 cm³/mol. The summed E-state index contributed by atoms with van der Waals surface area (Å²) in [7, 11) is 0. The molecule has 2 rings (SSSR count). The molecule has 0 N–H and O–H groups in total. The monoisotopic (exact) mass is 170 g/mol. The summed E-state index contributed by atoms with van der Waals surface area (Å²) in [5.41, 5.74) is 0.653. The molecule has 2 bridgehead atoms. The first kappa shape index (κ1) is 7.97. The summed E-state index contributed by atoms with van der Waals surface area (Å²) < 4.78 is 0.550. The molecule has 0 aromatic rings. The number of hydrogen-bond donors (Lipinski definition) is 0. The Labute approximate surface area is 74.1 Å². The van der Waals surface area contributed by atoms with Gasteiger partial charge in [-0.1, -0.05) is 27.2 Å². The number of rotatable bonds is 0. The lowest BCUT2D eigenvalue weighted by Gasteiger charge is -2.38. The van der Waals surface area contributed by atoms with Crippen LogP contribution in [-0.2, 0) is 0 Å². The first-order valence-electron chi connectivity index (χ1n) is 4.71. The number of thioether (sulfide) groups is 1. The Hall–Kier alpha value is 0.350. The molecule has 1 aliphatic carbocycles. The molecule has 0 radical (unpaired) electrons. The Bertz CT molecular complexity index is 172. The van der Waals surface area contributed by atoms with Gasteiger partial charge in [0.25, 0.3) is 0 Å². The highest BCUT2D eigenvalue weighted by molar-refractivity contribution is 8.01. The van der Waals surface area contributed by atoms with Crippen LogP contribution in [0.1, 0.15) is 46.5 Å². The molecular weight excluding hydrogens is 152 g/mol. The minimum Gasteiger partial charge on any atom is -0.152 e. The molecule has 2 unspecified atom stereocenters. The Morgan fingerprint density at radius 2 is 2.00 bits per heavy atom. The molecule has 64 valence electrons.